The summed E-state index contributed by atoms with van der Waals surface area (Å²) < 4.78 is 5.25. The first kappa shape index (κ1) is 18.8. The highest BCUT2D eigenvalue weighted by Crippen LogP contribution is 2.15. The number of nitrogens with one attached hydrogen (secondary N) is 1. The largest absolute Gasteiger partial charge is 0.467 e. The highest BCUT2D eigenvalue weighted by Gasteiger charge is 2.14. The molecule has 140 valence electrons. The summed E-state index contributed by atoms with van der Waals surface area (Å²) in [4.78, 5) is 26.0. The Balaban J connectivity index is 1.44. The van der Waals surface area contributed by atoms with Crippen LogP contribution in [0.3, 0.4) is 0 Å². The van der Waals surface area contributed by atoms with Gasteiger partial charge in [0, 0.05) is 25.6 Å². The minimum Gasteiger partial charge on any atom is -0.467 e. The van der Waals surface area contributed by atoms with Gasteiger partial charge in [0.05, 0.1) is 12.8 Å². The molecule has 7 nitrogen and oxygen atoms in total. The summed E-state index contributed by atoms with van der Waals surface area (Å²) in [5, 5.41) is 11.8. The topological polar surface area (TPSA) is 88.3 Å². The quantitative estimate of drug-likeness (QED) is 0.643. The van der Waals surface area contributed by atoms with Gasteiger partial charge < -0.3 is 14.6 Å². The Kier molecular flexibility index (Phi) is 6.32. The minimum absolute atomic E-state index is 0.0398. The molecule has 0 aliphatic carbocycles. The molecule has 0 atom stereocenters. The van der Waals surface area contributed by atoms with Gasteiger partial charge in [-0.1, -0.05) is 29.5 Å². The van der Waals surface area contributed by atoms with E-state index in [4.69, 9.17) is 4.42 Å². The molecule has 2 amide bonds. The zero-order valence-corrected chi connectivity index (χ0v) is 15.7. The number of aromatic nitrogens is 2. The maximum Gasteiger partial charge on any atom is 0.286 e. The summed E-state index contributed by atoms with van der Waals surface area (Å²) in [6, 6.07) is 12.8. The molecule has 8 heteroatoms. The van der Waals surface area contributed by atoms with E-state index in [2.05, 4.69) is 15.5 Å². The Labute approximate surface area is 161 Å². The van der Waals surface area contributed by atoms with Crippen LogP contribution in [0.4, 0.5) is 5.69 Å². The Bertz CT molecular complexity index is 878. The second kappa shape index (κ2) is 9.09. The Morgan fingerprint density at radius 2 is 1.96 bits per heavy atom. The molecule has 0 spiro atoms. The lowest BCUT2D eigenvalue weighted by atomic mass is 10.2. The molecular formula is C19H20N4O3S. The molecule has 0 saturated carbocycles. The van der Waals surface area contributed by atoms with Gasteiger partial charge >= 0.3 is 0 Å². The van der Waals surface area contributed by atoms with Gasteiger partial charge in [-0.05, 0) is 30.7 Å². The SMILES string of the molecule is CN(Cc1ccco1)C(=O)CCCc1nnc(C(=O)Nc2ccccc2)s1. The third-order valence-electron chi connectivity index (χ3n) is 3.87. The molecule has 2 heterocycles. The van der Waals surface area contributed by atoms with Gasteiger partial charge in [0.2, 0.25) is 10.9 Å². The van der Waals surface area contributed by atoms with E-state index in [-0.39, 0.29) is 11.8 Å². The van der Waals surface area contributed by atoms with Gasteiger partial charge in [-0.25, -0.2) is 0 Å². The fourth-order valence-corrected chi connectivity index (χ4v) is 3.24. The number of aryl methyl sites for hydroxylation is 1. The number of anilines is 1. The van der Waals surface area contributed by atoms with Crippen LogP contribution in [0.15, 0.2) is 53.1 Å². The number of carbonyl (C=O) groups excluding carboxylic acids is 2. The molecule has 2 aromatic heterocycles. The third kappa shape index (κ3) is 5.49. The monoisotopic (exact) mass is 384 g/mol. The van der Waals surface area contributed by atoms with E-state index in [1.165, 1.54) is 11.3 Å². The fourth-order valence-electron chi connectivity index (χ4n) is 2.46. The van der Waals surface area contributed by atoms with Crippen molar-refractivity contribution in [1.29, 1.82) is 0 Å². The standard InChI is InChI=1S/C19H20N4O3S/c1-23(13-15-9-6-12-26-15)17(24)11-5-10-16-21-22-19(27-16)18(25)20-14-7-3-2-4-8-14/h2-4,6-9,12H,5,10-11,13H2,1H3,(H,20,25). The number of amides is 2. The van der Waals surface area contributed by atoms with Crippen molar-refractivity contribution in [1.82, 2.24) is 15.1 Å². The number of rotatable bonds is 8. The van der Waals surface area contributed by atoms with Crippen LogP contribution in [0.1, 0.15) is 33.4 Å². The lowest BCUT2D eigenvalue weighted by molar-refractivity contribution is -0.130. The number of hydrogen-bond acceptors (Lipinski definition) is 6. The summed E-state index contributed by atoms with van der Waals surface area (Å²) >= 11 is 1.25. The summed E-state index contributed by atoms with van der Waals surface area (Å²) in [5.74, 6) is 0.515. The molecule has 3 rings (SSSR count). The molecule has 0 bridgehead atoms. The average molecular weight is 384 g/mol. The minimum atomic E-state index is -0.279. The van der Waals surface area contributed by atoms with Gasteiger partial charge in [-0.15, -0.1) is 10.2 Å². The van der Waals surface area contributed by atoms with Crippen LogP contribution in [-0.4, -0.2) is 34.0 Å². The summed E-state index contributed by atoms with van der Waals surface area (Å²) in [6.45, 7) is 0.453. The van der Waals surface area contributed by atoms with Crippen LogP contribution in [0.5, 0.6) is 0 Å². The predicted octanol–water partition coefficient (Wildman–Crippen LogP) is 3.36. The first-order chi connectivity index (χ1) is 13.1. The molecule has 0 aliphatic heterocycles. The van der Waals surface area contributed by atoms with Crippen molar-refractivity contribution in [3.63, 3.8) is 0 Å². The Morgan fingerprint density at radius 1 is 1.15 bits per heavy atom. The molecule has 0 radical (unpaired) electrons. The first-order valence-corrected chi connectivity index (χ1v) is 9.38. The van der Waals surface area contributed by atoms with E-state index < -0.39 is 0 Å². The highest BCUT2D eigenvalue weighted by molar-refractivity contribution is 7.13. The smallest absolute Gasteiger partial charge is 0.286 e. The zero-order valence-electron chi connectivity index (χ0n) is 14.9. The van der Waals surface area contributed by atoms with Crippen LogP contribution in [0.2, 0.25) is 0 Å². The molecule has 27 heavy (non-hydrogen) atoms. The summed E-state index contributed by atoms with van der Waals surface area (Å²) in [7, 11) is 1.75. The van der Waals surface area contributed by atoms with Crippen molar-refractivity contribution in [3.05, 3.63) is 64.5 Å². The summed E-state index contributed by atoms with van der Waals surface area (Å²) in [6.07, 6.45) is 3.25. The van der Waals surface area contributed by atoms with Crippen LogP contribution in [-0.2, 0) is 17.8 Å². The number of hydrogen-bond donors (Lipinski definition) is 1. The molecule has 0 aliphatic rings. The maximum absolute atomic E-state index is 12.2. The zero-order chi connectivity index (χ0) is 19.1. The number of benzene rings is 1. The van der Waals surface area contributed by atoms with Crippen LogP contribution >= 0.6 is 11.3 Å². The van der Waals surface area contributed by atoms with Gasteiger partial charge in [-0.3, -0.25) is 9.59 Å². The van der Waals surface area contributed by atoms with E-state index in [1.807, 2.05) is 36.4 Å². The summed E-state index contributed by atoms with van der Waals surface area (Å²) in [5.41, 5.74) is 0.712. The van der Waals surface area contributed by atoms with Crippen molar-refractivity contribution in [2.24, 2.45) is 0 Å². The van der Waals surface area contributed by atoms with Crippen LogP contribution in [0, 0.1) is 0 Å². The number of carbonyl (C=O) groups is 2. The molecule has 0 saturated heterocycles. The molecule has 0 unspecified atom stereocenters. The second-order valence-corrected chi connectivity index (χ2v) is 7.07. The van der Waals surface area contributed by atoms with E-state index in [1.54, 1.807) is 24.3 Å². The van der Waals surface area contributed by atoms with Gasteiger partial charge in [0.1, 0.15) is 10.8 Å². The average Bonchev–Trinajstić information content (AvgIpc) is 3.34. The molecule has 0 fully saturated rings. The van der Waals surface area contributed by atoms with Crippen molar-refractivity contribution in [3.8, 4) is 0 Å². The Morgan fingerprint density at radius 3 is 2.70 bits per heavy atom. The van der Waals surface area contributed by atoms with E-state index >= 15 is 0 Å². The van der Waals surface area contributed by atoms with E-state index in [0.29, 0.717) is 36.5 Å². The number of furan rings is 1. The van der Waals surface area contributed by atoms with E-state index in [0.717, 1.165) is 10.8 Å². The van der Waals surface area contributed by atoms with E-state index in [9.17, 15) is 9.59 Å². The van der Waals surface area contributed by atoms with Gasteiger partial charge in [0.15, 0.2) is 0 Å². The highest BCUT2D eigenvalue weighted by atomic mass is 32.1. The molecular weight excluding hydrogens is 364 g/mol. The lowest BCUT2D eigenvalue weighted by Crippen LogP contribution is -2.25. The Hall–Kier alpha value is -3.00. The van der Waals surface area contributed by atoms with Gasteiger partial charge in [0.25, 0.3) is 5.91 Å². The number of nitrogens with zero attached hydrogens (tertiary/aromatic N) is 3. The normalized spacial score (nSPS) is 10.6. The second-order valence-electron chi connectivity index (χ2n) is 6.00. The molecule has 3 aromatic rings. The number of para-hydroxylation sites is 1. The molecule has 1 N–H and O–H groups in total. The first-order valence-electron chi connectivity index (χ1n) is 8.57. The van der Waals surface area contributed by atoms with Crippen LogP contribution < -0.4 is 5.32 Å². The van der Waals surface area contributed by atoms with Crippen molar-refractivity contribution >= 4 is 28.8 Å². The molecule has 1 aromatic carbocycles. The van der Waals surface area contributed by atoms with Crippen molar-refractivity contribution in [2.45, 2.75) is 25.8 Å². The van der Waals surface area contributed by atoms with Crippen LogP contribution in [0.25, 0.3) is 0 Å². The predicted molar refractivity (Wildman–Crippen MR) is 102 cm³/mol. The van der Waals surface area contributed by atoms with Crippen molar-refractivity contribution < 1.29 is 14.0 Å². The lowest BCUT2D eigenvalue weighted by Gasteiger charge is -2.15. The van der Waals surface area contributed by atoms with Crippen molar-refractivity contribution in [2.75, 3.05) is 12.4 Å². The van der Waals surface area contributed by atoms with Gasteiger partial charge in [-0.2, -0.15) is 0 Å². The third-order valence-corrected chi connectivity index (χ3v) is 4.85. The fraction of sp³-hybridized carbons (Fsp3) is 0.263. The maximum atomic E-state index is 12.2.